The summed E-state index contributed by atoms with van der Waals surface area (Å²) < 4.78 is 5.82. The molecule has 1 atom stereocenters. The Balaban J connectivity index is 1.90. The van der Waals surface area contributed by atoms with E-state index >= 15 is 0 Å². The van der Waals surface area contributed by atoms with Crippen molar-refractivity contribution >= 4 is 35.0 Å². The summed E-state index contributed by atoms with van der Waals surface area (Å²) in [5, 5.41) is 3.79. The average molecular weight is 527 g/mol. The maximum absolute atomic E-state index is 13.6. The minimum absolute atomic E-state index is 0.0777. The van der Waals surface area contributed by atoms with Gasteiger partial charge in [0.15, 0.2) is 6.61 Å². The van der Waals surface area contributed by atoms with Crippen LogP contribution in [-0.4, -0.2) is 35.4 Å². The van der Waals surface area contributed by atoms with E-state index in [0.717, 1.165) is 17.5 Å². The van der Waals surface area contributed by atoms with Crippen molar-refractivity contribution in [1.29, 1.82) is 0 Å². The van der Waals surface area contributed by atoms with Gasteiger partial charge in [-0.1, -0.05) is 78.7 Å². The van der Waals surface area contributed by atoms with Crippen LogP contribution in [0.2, 0.25) is 10.0 Å². The molecule has 0 aliphatic heterocycles. The van der Waals surface area contributed by atoms with Gasteiger partial charge in [0, 0.05) is 19.0 Å². The molecule has 3 rings (SSSR count). The smallest absolute Gasteiger partial charge is 0.261 e. The lowest BCUT2D eigenvalue weighted by Crippen LogP contribution is -2.52. The summed E-state index contributed by atoms with van der Waals surface area (Å²) in [7, 11) is 0. The second kappa shape index (κ2) is 13.3. The van der Waals surface area contributed by atoms with Gasteiger partial charge >= 0.3 is 0 Å². The fourth-order valence-corrected chi connectivity index (χ4v) is 4.14. The molecular weight excluding hydrogens is 495 g/mol. The first kappa shape index (κ1) is 27.6. The molecule has 5 nitrogen and oxygen atoms in total. The number of ether oxygens (including phenoxy) is 1. The molecule has 3 aromatic rings. The first-order chi connectivity index (χ1) is 17.3. The van der Waals surface area contributed by atoms with E-state index in [2.05, 4.69) is 12.2 Å². The monoisotopic (exact) mass is 526 g/mol. The first-order valence-electron chi connectivity index (χ1n) is 12.1. The van der Waals surface area contributed by atoms with Crippen LogP contribution in [0.4, 0.5) is 0 Å². The van der Waals surface area contributed by atoms with Crippen LogP contribution >= 0.6 is 23.2 Å². The second-order valence-corrected chi connectivity index (χ2v) is 9.74. The number of benzene rings is 3. The molecule has 0 saturated heterocycles. The van der Waals surface area contributed by atoms with E-state index in [9.17, 15) is 9.59 Å². The molecule has 0 heterocycles. The number of hydrogen-bond acceptors (Lipinski definition) is 3. The minimum Gasteiger partial charge on any atom is -0.484 e. The molecule has 0 aliphatic rings. The lowest BCUT2D eigenvalue weighted by molar-refractivity contribution is -0.143. The maximum atomic E-state index is 13.6. The Bertz CT molecular complexity index is 1150. The Morgan fingerprint density at radius 2 is 1.56 bits per heavy atom. The van der Waals surface area contributed by atoms with Crippen LogP contribution in [0.25, 0.3) is 0 Å². The summed E-state index contributed by atoms with van der Waals surface area (Å²) in [6.45, 7) is 5.84. The highest BCUT2D eigenvalue weighted by Crippen LogP contribution is 2.24. The summed E-state index contributed by atoms with van der Waals surface area (Å²) in [5.41, 5.74) is 2.90. The van der Waals surface area contributed by atoms with E-state index in [1.807, 2.05) is 68.4 Å². The van der Waals surface area contributed by atoms with Crippen molar-refractivity contribution < 1.29 is 14.3 Å². The van der Waals surface area contributed by atoms with Crippen molar-refractivity contribution in [3.8, 4) is 5.75 Å². The van der Waals surface area contributed by atoms with E-state index in [-0.39, 0.29) is 31.0 Å². The molecule has 0 aromatic heterocycles. The van der Waals surface area contributed by atoms with Gasteiger partial charge in [-0.2, -0.15) is 0 Å². The molecule has 0 saturated carbocycles. The van der Waals surface area contributed by atoms with Gasteiger partial charge in [-0.05, 0) is 61.2 Å². The zero-order valence-corrected chi connectivity index (χ0v) is 22.4. The van der Waals surface area contributed by atoms with Crippen molar-refractivity contribution in [2.75, 3.05) is 6.61 Å². The third-order valence-corrected chi connectivity index (χ3v) is 6.47. The number of carbonyl (C=O) groups excluding carboxylic acids is 2. The lowest BCUT2D eigenvalue weighted by atomic mass is 10.0. The quantitative estimate of drug-likeness (QED) is 0.328. The molecule has 0 aliphatic carbocycles. The van der Waals surface area contributed by atoms with Crippen molar-refractivity contribution in [2.24, 2.45) is 0 Å². The summed E-state index contributed by atoms with van der Waals surface area (Å²) in [4.78, 5) is 28.5. The Kier molecular flexibility index (Phi) is 10.2. The topological polar surface area (TPSA) is 58.6 Å². The van der Waals surface area contributed by atoms with Crippen molar-refractivity contribution in [3.63, 3.8) is 0 Å². The summed E-state index contributed by atoms with van der Waals surface area (Å²) >= 11 is 12.3. The van der Waals surface area contributed by atoms with Gasteiger partial charge in [0.05, 0.1) is 10.0 Å². The van der Waals surface area contributed by atoms with E-state index in [4.69, 9.17) is 27.9 Å². The molecule has 0 bridgehead atoms. The zero-order chi connectivity index (χ0) is 26.1. The van der Waals surface area contributed by atoms with Crippen molar-refractivity contribution in [1.82, 2.24) is 10.2 Å². The predicted molar refractivity (Wildman–Crippen MR) is 146 cm³/mol. The molecule has 7 heteroatoms. The molecule has 2 amide bonds. The molecule has 0 radical (unpaired) electrons. The number of nitrogens with zero attached hydrogens (tertiary/aromatic N) is 1. The van der Waals surface area contributed by atoms with Gasteiger partial charge in [-0.3, -0.25) is 9.59 Å². The number of nitrogens with one attached hydrogen (secondary N) is 1. The molecule has 36 heavy (non-hydrogen) atoms. The van der Waals surface area contributed by atoms with Gasteiger partial charge < -0.3 is 15.0 Å². The number of hydrogen-bond donors (Lipinski definition) is 1. The lowest BCUT2D eigenvalue weighted by Gasteiger charge is -2.32. The standard InChI is InChI=1S/C29H32Cl2N2O3/c1-4-21-10-13-24(14-11-21)36-19-28(34)33(18-23-12-15-25(30)26(31)16-23)27(29(35)32-20(2)3)17-22-8-6-5-7-9-22/h5-16,20,27H,4,17-19H2,1-3H3,(H,32,35)/t27-/m0/s1. The average Bonchev–Trinajstić information content (AvgIpc) is 2.87. The van der Waals surface area contributed by atoms with E-state index < -0.39 is 6.04 Å². The molecular formula is C29H32Cl2N2O3. The van der Waals surface area contributed by atoms with E-state index in [1.54, 1.807) is 23.1 Å². The summed E-state index contributed by atoms with van der Waals surface area (Å²) in [6.07, 6.45) is 1.28. The first-order valence-corrected chi connectivity index (χ1v) is 12.8. The molecule has 0 unspecified atom stereocenters. The predicted octanol–water partition coefficient (Wildman–Crippen LogP) is 6.10. The largest absolute Gasteiger partial charge is 0.484 e. The zero-order valence-electron chi connectivity index (χ0n) is 20.8. The highest BCUT2D eigenvalue weighted by Gasteiger charge is 2.31. The van der Waals surface area contributed by atoms with Crippen LogP contribution in [0.5, 0.6) is 5.75 Å². The van der Waals surface area contributed by atoms with E-state index in [0.29, 0.717) is 22.2 Å². The maximum Gasteiger partial charge on any atom is 0.261 e. The number of amides is 2. The SMILES string of the molecule is CCc1ccc(OCC(=O)N(Cc2ccc(Cl)c(Cl)c2)[C@@H](Cc2ccccc2)C(=O)NC(C)C)cc1. The van der Waals surface area contributed by atoms with Crippen LogP contribution < -0.4 is 10.1 Å². The van der Waals surface area contributed by atoms with Gasteiger partial charge in [-0.25, -0.2) is 0 Å². The normalized spacial score (nSPS) is 11.7. The van der Waals surface area contributed by atoms with Crippen molar-refractivity contribution in [3.05, 3.63) is 99.5 Å². The molecule has 0 fully saturated rings. The van der Waals surface area contributed by atoms with E-state index in [1.165, 1.54) is 5.56 Å². The third-order valence-electron chi connectivity index (χ3n) is 5.73. The molecule has 1 N–H and O–H groups in total. The molecule has 190 valence electrons. The highest BCUT2D eigenvalue weighted by molar-refractivity contribution is 6.42. The third kappa shape index (κ3) is 8.00. The van der Waals surface area contributed by atoms with Crippen LogP contribution in [0.1, 0.15) is 37.5 Å². The van der Waals surface area contributed by atoms with Gasteiger partial charge in [0.1, 0.15) is 11.8 Å². The number of aryl methyl sites for hydroxylation is 1. The Morgan fingerprint density at radius 3 is 2.17 bits per heavy atom. The van der Waals surface area contributed by atoms with Crippen LogP contribution in [-0.2, 0) is 29.0 Å². The second-order valence-electron chi connectivity index (χ2n) is 8.93. The van der Waals surface area contributed by atoms with Gasteiger partial charge in [-0.15, -0.1) is 0 Å². The van der Waals surface area contributed by atoms with Crippen molar-refractivity contribution in [2.45, 2.75) is 52.2 Å². The summed E-state index contributed by atoms with van der Waals surface area (Å²) in [6, 6.07) is 21.7. The fraction of sp³-hybridized carbons (Fsp3) is 0.310. The van der Waals surface area contributed by atoms with Gasteiger partial charge in [0.25, 0.3) is 5.91 Å². The van der Waals surface area contributed by atoms with Crippen LogP contribution in [0.3, 0.4) is 0 Å². The Morgan fingerprint density at radius 1 is 0.889 bits per heavy atom. The molecule has 3 aromatic carbocycles. The molecule has 0 spiro atoms. The Labute approximate surface area is 223 Å². The number of carbonyl (C=O) groups is 2. The summed E-state index contributed by atoms with van der Waals surface area (Å²) in [5.74, 6) is 0.0660. The van der Waals surface area contributed by atoms with Gasteiger partial charge in [0.2, 0.25) is 5.91 Å². The fourth-order valence-electron chi connectivity index (χ4n) is 3.82. The number of halogens is 2. The van der Waals surface area contributed by atoms with Crippen LogP contribution in [0, 0.1) is 0 Å². The van der Waals surface area contributed by atoms with Crippen LogP contribution in [0.15, 0.2) is 72.8 Å². The highest BCUT2D eigenvalue weighted by atomic mass is 35.5. The Hall–Kier alpha value is -3.02. The number of rotatable bonds is 11. The minimum atomic E-state index is -0.747.